The summed E-state index contributed by atoms with van der Waals surface area (Å²) in [5.41, 5.74) is 1.10. The van der Waals surface area contributed by atoms with Crippen LogP contribution in [0.15, 0.2) is 53.4 Å². The molecule has 0 unspecified atom stereocenters. The zero-order valence-electron chi connectivity index (χ0n) is 14.1. The number of sulfone groups is 1. The molecule has 0 heterocycles. The van der Waals surface area contributed by atoms with Crippen LogP contribution in [0.4, 0.5) is 11.4 Å². The first kappa shape index (κ1) is 18.7. The van der Waals surface area contributed by atoms with Crippen molar-refractivity contribution in [1.82, 2.24) is 0 Å². The van der Waals surface area contributed by atoms with Crippen molar-refractivity contribution in [1.29, 1.82) is 0 Å². The topological polar surface area (TPSA) is 92.3 Å². The second-order valence-corrected chi connectivity index (χ2v) is 7.59. The van der Waals surface area contributed by atoms with Crippen molar-refractivity contribution in [3.63, 3.8) is 0 Å². The van der Waals surface area contributed by atoms with E-state index in [-0.39, 0.29) is 16.4 Å². The van der Waals surface area contributed by atoms with Crippen LogP contribution in [0.25, 0.3) is 0 Å². The normalized spacial score (nSPS) is 11.0. The number of hydrogen-bond acceptors (Lipinski definition) is 4. The molecule has 25 heavy (non-hydrogen) atoms. The maximum absolute atomic E-state index is 12.5. The Kier molecular flexibility index (Phi) is 5.93. The lowest BCUT2D eigenvalue weighted by Gasteiger charge is -2.10. The van der Waals surface area contributed by atoms with E-state index in [9.17, 15) is 18.0 Å². The van der Waals surface area contributed by atoms with Gasteiger partial charge in [0.15, 0.2) is 9.84 Å². The minimum absolute atomic E-state index is 0.0279. The van der Waals surface area contributed by atoms with E-state index in [4.69, 9.17) is 0 Å². The third kappa shape index (κ3) is 5.15. The molecular formula is C18H20N2O4S. The largest absolute Gasteiger partial charge is 0.326 e. The number of hydrogen-bond donors (Lipinski definition) is 2. The van der Waals surface area contributed by atoms with Crippen LogP contribution in [0, 0.1) is 0 Å². The van der Waals surface area contributed by atoms with Gasteiger partial charge in [-0.1, -0.05) is 25.1 Å². The number of anilines is 2. The summed E-state index contributed by atoms with van der Waals surface area (Å²) in [6.07, 6.45) is 2.21. The Morgan fingerprint density at radius 3 is 2.24 bits per heavy atom. The van der Waals surface area contributed by atoms with Gasteiger partial charge in [-0.2, -0.15) is 0 Å². The number of carbonyl (C=O) groups excluding carboxylic acids is 2. The van der Waals surface area contributed by atoms with Crippen molar-refractivity contribution < 1.29 is 18.0 Å². The summed E-state index contributed by atoms with van der Waals surface area (Å²) in [6, 6.07) is 12.7. The highest BCUT2D eigenvalue weighted by Gasteiger charge is 2.18. The third-order valence-corrected chi connectivity index (χ3v) is 4.57. The Morgan fingerprint density at radius 1 is 0.960 bits per heavy atom. The van der Waals surface area contributed by atoms with Gasteiger partial charge < -0.3 is 10.6 Å². The molecule has 0 aliphatic rings. The lowest BCUT2D eigenvalue weighted by atomic mass is 10.2. The van der Waals surface area contributed by atoms with E-state index in [0.29, 0.717) is 17.8 Å². The number of benzene rings is 2. The maximum atomic E-state index is 12.5. The zero-order valence-corrected chi connectivity index (χ0v) is 14.9. The lowest BCUT2D eigenvalue weighted by Crippen LogP contribution is -2.16. The van der Waals surface area contributed by atoms with Gasteiger partial charge in [0.1, 0.15) is 0 Å². The fraction of sp³-hybridized carbons (Fsp3) is 0.222. The second kappa shape index (κ2) is 7.94. The molecule has 7 heteroatoms. The standard InChI is InChI=1S/C18H20N2O4S/c1-3-7-17(21)19-13-8-6-9-14(12-13)20-18(22)15-10-4-5-11-16(15)25(2,23)24/h4-6,8-12H,3,7H2,1-2H3,(H,19,21)(H,20,22). The van der Waals surface area contributed by atoms with E-state index in [1.54, 1.807) is 36.4 Å². The van der Waals surface area contributed by atoms with Crippen molar-refractivity contribution in [3.8, 4) is 0 Å². The molecule has 2 amide bonds. The minimum Gasteiger partial charge on any atom is -0.326 e. The fourth-order valence-electron chi connectivity index (χ4n) is 2.30. The van der Waals surface area contributed by atoms with Crippen LogP contribution in [0.2, 0.25) is 0 Å². The van der Waals surface area contributed by atoms with Gasteiger partial charge >= 0.3 is 0 Å². The lowest BCUT2D eigenvalue weighted by molar-refractivity contribution is -0.116. The van der Waals surface area contributed by atoms with Gasteiger partial charge in [0.05, 0.1) is 10.5 Å². The van der Waals surface area contributed by atoms with Crippen LogP contribution >= 0.6 is 0 Å². The van der Waals surface area contributed by atoms with E-state index < -0.39 is 15.7 Å². The summed E-state index contributed by atoms with van der Waals surface area (Å²) in [4.78, 5) is 24.1. The van der Waals surface area contributed by atoms with Gasteiger partial charge in [-0.05, 0) is 36.8 Å². The van der Waals surface area contributed by atoms with Crippen LogP contribution in [-0.4, -0.2) is 26.5 Å². The molecule has 132 valence electrons. The summed E-state index contributed by atoms with van der Waals surface area (Å²) in [5.74, 6) is -0.633. The third-order valence-electron chi connectivity index (χ3n) is 3.41. The molecule has 2 rings (SSSR count). The molecule has 0 aliphatic carbocycles. The van der Waals surface area contributed by atoms with Crippen molar-refractivity contribution in [3.05, 3.63) is 54.1 Å². The summed E-state index contributed by atoms with van der Waals surface area (Å²) in [5, 5.41) is 5.41. The first-order valence-electron chi connectivity index (χ1n) is 7.81. The van der Waals surface area contributed by atoms with E-state index in [0.717, 1.165) is 12.7 Å². The Balaban J connectivity index is 2.21. The maximum Gasteiger partial charge on any atom is 0.256 e. The molecule has 2 N–H and O–H groups in total. The zero-order chi connectivity index (χ0) is 18.4. The molecular weight excluding hydrogens is 340 g/mol. The quantitative estimate of drug-likeness (QED) is 0.828. The highest BCUT2D eigenvalue weighted by atomic mass is 32.2. The molecule has 0 atom stereocenters. The first-order valence-corrected chi connectivity index (χ1v) is 9.70. The molecule has 0 radical (unpaired) electrons. The van der Waals surface area contributed by atoms with Crippen molar-refractivity contribution in [2.45, 2.75) is 24.7 Å². The van der Waals surface area contributed by atoms with Gasteiger partial charge in [0, 0.05) is 24.1 Å². The van der Waals surface area contributed by atoms with Crippen molar-refractivity contribution in [2.75, 3.05) is 16.9 Å². The number of rotatable bonds is 6. The van der Waals surface area contributed by atoms with Gasteiger partial charge in [-0.3, -0.25) is 9.59 Å². The molecule has 2 aromatic carbocycles. The molecule has 0 spiro atoms. The first-order chi connectivity index (χ1) is 11.8. The SMILES string of the molecule is CCCC(=O)Nc1cccc(NC(=O)c2ccccc2S(C)(=O)=O)c1. The molecule has 6 nitrogen and oxygen atoms in total. The van der Waals surface area contributed by atoms with E-state index >= 15 is 0 Å². The average molecular weight is 360 g/mol. The molecule has 0 saturated carbocycles. The average Bonchev–Trinajstić information content (AvgIpc) is 2.54. The molecule has 0 fully saturated rings. The van der Waals surface area contributed by atoms with Crippen LogP contribution in [0.5, 0.6) is 0 Å². The number of carbonyl (C=O) groups is 2. The van der Waals surface area contributed by atoms with Crippen molar-refractivity contribution in [2.24, 2.45) is 0 Å². The summed E-state index contributed by atoms with van der Waals surface area (Å²) < 4.78 is 23.6. The van der Waals surface area contributed by atoms with E-state index in [2.05, 4.69) is 10.6 Å². The van der Waals surface area contributed by atoms with Crippen LogP contribution in [-0.2, 0) is 14.6 Å². The fourth-order valence-corrected chi connectivity index (χ4v) is 3.19. The van der Waals surface area contributed by atoms with E-state index in [1.807, 2.05) is 6.92 Å². The molecule has 0 aromatic heterocycles. The highest BCUT2D eigenvalue weighted by molar-refractivity contribution is 7.90. The Labute approximate surface area is 147 Å². The molecule has 2 aromatic rings. The Morgan fingerprint density at radius 2 is 1.60 bits per heavy atom. The predicted octanol–water partition coefficient (Wildman–Crippen LogP) is 3.08. The molecule has 0 saturated heterocycles. The monoisotopic (exact) mass is 360 g/mol. The number of nitrogens with one attached hydrogen (secondary N) is 2. The summed E-state index contributed by atoms with van der Waals surface area (Å²) >= 11 is 0. The summed E-state index contributed by atoms with van der Waals surface area (Å²) in [6.45, 7) is 1.91. The smallest absolute Gasteiger partial charge is 0.256 e. The molecule has 0 bridgehead atoms. The van der Waals surface area contributed by atoms with Crippen LogP contribution < -0.4 is 10.6 Å². The predicted molar refractivity (Wildman–Crippen MR) is 97.5 cm³/mol. The van der Waals surface area contributed by atoms with Crippen LogP contribution in [0.3, 0.4) is 0 Å². The summed E-state index contributed by atoms with van der Waals surface area (Å²) in [7, 11) is -3.52. The van der Waals surface area contributed by atoms with Gasteiger partial charge in [-0.15, -0.1) is 0 Å². The minimum atomic E-state index is -3.52. The Bertz CT molecular complexity index is 891. The van der Waals surface area contributed by atoms with Crippen molar-refractivity contribution >= 4 is 33.0 Å². The van der Waals surface area contributed by atoms with Gasteiger partial charge in [0.25, 0.3) is 5.91 Å². The number of amides is 2. The van der Waals surface area contributed by atoms with Gasteiger partial charge in [0.2, 0.25) is 5.91 Å². The molecule has 0 aliphatic heterocycles. The van der Waals surface area contributed by atoms with E-state index in [1.165, 1.54) is 12.1 Å². The second-order valence-electron chi connectivity index (χ2n) is 5.60. The highest BCUT2D eigenvalue weighted by Crippen LogP contribution is 2.19. The van der Waals surface area contributed by atoms with Gasteiger partial charge in [-0.25, -0.2) is 8.42 Å². The Hall–Kier alpha value is -2.67. The van der Waals surface area contributed by atoms with Crippen LogP contribution in [0.1, 0.15) is 30.1 Å².